The first-order valence-electron chi connectivity index (χ1n) is 7.35. The minimum atomic E-state index is -0.501. The summed E-state index contributed by atoms with van der Waals surface area (Å²) in [6.45, 7) is 8.24. The Morgan fingerprint density at radius 3 is 2.67 bits per heavy atom. The maximum Gasteiger partial charge on any atom is 0.410 e. The van der Waals surface area contributed by atoms with Crippen LogP contribution in [-0.4, -0.2) is 35.0 Å². The first-order valence-corrected chi connectivity index (χ1v) is 8.17. The van der Waals surface area contributed by atoms with E-state index >= 15 is 0 Å². The molecule has 0 aromatic carbocycles. The third-order valence-electron chi connectivity index (χ3n) is 3.44. The summed E-state index contributed by atoms with van der Waals surface area (Å²) in [5, 5.41) is 0. The number of amides is 1. The van der Waals surface area contributed by atoms with Gasteiger partial charge in [-0.15, -0.1) is 11.3 Å². The number of carbonyl (C=O) groups excluding carboxylic acids is 2. The lowest BCUT2D eigenvalue weighted by molar-refractivity contribution is 0.0223. The average molecular weight is 309 g/mol. The summed E-state index contributed by atoms with van der Waals surface area (Å²) >= 11 is 1.51. The van der Waals surface area contributed by atoms with E-state index < -0.39 is 5.60 Å². The summed E-state index contributed by atoms with van der Waals surface area (Å²) in [7, 11) is 0. The minimum absolute atomic E-state index is 0.0326. The van der Waals surface area contributed by atoms with Crippen LogP contribution in [0.25, 0.3) is 0 Å². The van der Waals surface area contributed by atoms with Gasteiger partial charge in [-0.2, -0.15) is 0 Å². The van der Waals surface area contributed by atoms with Gasteiger partial charge in [0.1, 0.15) is 5.60 Å². The molecule has 1 amide bonds. The van der Waals surface area contributed by atoms with Crippen molar-refractivity contribution < 1.29 is 14.3 Å². The van der Waals surface area contributed by atoms with Gasteiger partial charge < -0.3 is 9.64 Å². The highest BCUT2D eigenvalue weighted by Gasteiger charge is 2.33. The predicted octanol–water partition coefficient (Wildman–Crippen LogP) is 4.03. The molecule has 0 radical (unpaired) electrons. The molecule has 0 N–H and O–H groups in total. The van der Waals surface area contributed by atoms with E-state index in [1.165, 1.54) is 11.3 Å². The second-order valence-electron chi connectivity index (χ2n) is 6.51. The largest absolute Gasteiger partial charge is 0.444 e. The monoisotopic (exact) mass is 309 g/mol. The molecule has 2 heterocycles. The first-order chi connectivity index (χ1) is 9.76. The van der Waals surface area contributed by atoms with Gasteiger partial charge >= 0.3 is 6.09 Å². The van der Waals surface area contributed by atoms with Gasteiger partial charge in [0.05, 0.1) is 4.88 Å². The lowest BCUT2D eigenvalue weighted by Crippen LogP contribution is -2.40. The minimum Gasteiger partial charge on any atom is -0.444 e. The summed E-state index contributed by atoms with van der Waals surface area (Å²) in [6, 6.07) is 3.79. The van der Waals surface area contributed by atoms with Gasteiger partial charge in [0.25, 0.3) is 0 Å². The summed E-state index contributed by atoms with van der Waals surface area (Å²) in [5.41, 5.74) is -0.501. The molecule has 1 aromatic rings. The Balaban J connectivity index is 1.99. The van der Waals surface area contributed by atoms with Gasteiger partial charge in [0.2, 0.25) is 0 Å². The molecule has 0 aliphatic carbocycles. The van der Waals surface area contributed by atoms with Crippen molar-refractivity contribution in [1.82, 2.24) is 4.90 Å². The number of ether oxygens (including phenoxy) is 1. The molecule has 2 rings (SSSR count). The normalized spacial score (nSPS) is 18.9. The van der Waals surface area contributed by atoms with Crippen molar-refractivity contribution in [1.29, 1.82) is 0 Å². The van der Waals surface area contributed by atoms with Crippen molar-refractivity contribution in [2.24, 2.45) is 0 Å². The Bertz CT molecular complexity index is 530. The van der Waals surface area contributed by atoms with Crippen LogP contribution in [0.1, 0.15) is 54.6 Å². The van der Waals surface area contributed by atoms with E-state index in [2.05, 4.69) is 0 Å². The lowest BCUT2D eigenvalue weighted by atomic mass is 10.1. The standard InChI is InChI=1S/C16H23NO3S/c1-11-7-8-14(21-11)13(18)10-12-6-5-9-17(12)15(19)20-16(2,3)4/h7-8,12H,5-6,9-10H2,1-4H3. The highest BCUT2D eigenvalue weighted by atomic mass is 32.1. The lowest BCUT2D eigenvalue weighted by Gasteiger charge is -2.28. The third-order valence-corrected chi connectivity index (χ3v) is 4.48. The van der Waals surface area contributed by atoms with Gasteiger partial charge in [0.15, 0.2) is 5.78 Å². The summed E-state index contributed by atoms with van der Waals surface area (Å²) in [5.74, 6) is 0.119. The number of hydrogen-bond acceptors (Lipinski definition) is 4. The first kappa shape index (κ1) is 16.0. The molecule has 1 unspecified atom stereocenters. The molecule has 0 bridgehead atoms. The smallest absolute Gasteiger partial charge is 0.410 e. The maximum absolute atomic E-state index is 12.3. The van der Waals surface area contributed by atoms with E-state index in [0.29, 0.717) is 13.0 Å². The average Bonchev–Trinajstić information content (AvgIpc) is 2.95. The maximum atomic E-state index is 12.3. The molecule has 116 valence electrons. The molecular weight excluding hydrogens is 286 g/mol. The number of thiophene rings is 1. The number of hydrogen-bond donors (Lipinski definition) is 0. The van der Waals surface area contributed by atoms with Crippen LogP contribution in [0.15, 0.2) is 12.1 Å². The van der Waals surface area contributed by atoms with E-state index in [1.807, 2.05) is 39.8 Å². The van der Waals surface area contributed by atoms with Crippen molar-refractivity contribution in [2.45, 2.75) is 58.6 Å². The van der Waals surface area contributed by atoms with Gasteiger partial charge in [-0.1, -0.05) is 0 Å². The van der Waals surface area contributed by atoms with E-state index in [1.54, 1.807) is 4.90 Å². The van der Waals surface area contributed by atoms with Crippen molar-refractivity contribution in [3.05, 3.63) is 21.9 Å². The third kappa shape index (κ3) is 4.30. The Morgan fingerprint density at radius 2 is 2.10 bits per heavy atom. The Hall–Kier alpha value is -1.36. The van der Waals surface area contributed by atoms with Crippen LogP contribution in [0.4, 0.5) is 4.79 Å². The zero-order chi connectivity index (χ0) is 15.6. The quantitative estimate of drug-likeness (QED) is 0.792. The van der Waals surface area contributed by atoms with E-state index in [-0.39, 0.29) is 17.9 Å². The second-order valence-corrected chi connectivity index (χ2v) is 7.80. The number of aryl methyl sites for hydroxylation is 1. The molecule has 0 saturated carbocycles. The van der Waals surface area contributed by atoms with Crippen molar-refractivity contribution in [3.8, 4) is 0 Å². The van der Waals surface area contributed by atoms with Crippen LogP contribution in [0.3, 0.4) is 0 Å². The number of nitrogens with zero attached hydrogens (tertiary/aromatic N) is 1. The Labute approximate surface area is 130 Å². The van der Waals surface area contributed by atoms with E-state index in [0.717, 1.165) is 22.6 Å². The van der Waals surface area contributed by atoms with Crippen molar-refractivity contribution in [2.75, 3.05) is 6.54 Å². The van der Waals surface area contributed by atoms with Crippen molar-refractivity contribution in [3.63, 3.8) is 0 Å². The number of ketones is 1. The highest BCUT2D eigenvalue weighted by molar-refractivity contribution is 7.14. The van der Waals surface area contributed by atoms with Gasteiger partial charge in [-0.25, -0.2) is 4.79 Å². The van der Waals surface area contributed by atoms with Crippen LogP contribution in [0, 0.1) is 6.92 Å². The number of rotatable bonds is 3. The van der Waals surface area contributed by atoms with Gasteiger partial charge in [0, 0.05) is 23.9 Å². The molecule has 1 aromatic heterocycles. The summed E-state index contributed by atoms with van der Waals surface area (Å²) in [6.07, 6.45) is 1.88. The SMILES string of the molecule is Cc1ccc(C(=O)CC2CCCN2C(=O)OC(C)(C)C)s1. The van der Waals surface area contributed by atoms with Crippen LogP contribution < -0.4 is 0 Å². The molecule has 1 atom stereocenters. The molecule has 0 spiro atoms. The van der Waals surface area contributed by atoms with Gasteiger partial charge in [-0.05, 0) is 52.7 Å². The molecule has 21 heavy (non-hydrogen) atoms. The topological polar surface area (TPSA) is 46.6 Å². The van der Waals surface area contributed by atoms with E-state index in [4.69, 9.17) is 4.74 Å². The van der Waals surface area contributed by atoms with Crippen LogP contribution >= 0.6 is 11.3 Å². The molecular formula is C16H23NO3S. The molecule has 5 heteroatoms. The number of carbonyl (C=O) groups is 2. The zero-order valence-electron chi connectivity index (χ0n) is 13.1. The fourth-order valence-electron chi connectivity index (χ4n) is 2.51. The van der Waals surface area contributed by atoms with Crippen LogP contribution in [0.5, 0.6) is 0 Å². The summed E-state index contributed by atoms with van der Waals surface area (Å²) in [4.78, 5) is 28.1. The van der Waals surface area contributed by atoms with Crippen molar-refractivity contribution >= 4 is 23.2 Å². The molecule has 1 fully saturated rings. The summed E-state index contributed by atoms with van der Waals surface area (Å²) < 4.78 is 5.42. The van der Waals surface area contributed by atoms with Crippen LogP contribution in [0.2, 0.25) is 0 Å². The fourth-order valence-corrected chi connectivity index (χ4v) is 3.32. The number of likely N-dealkylation sites (tertiary alicyclic amines) is 1. The van der Waals surface area contributed by atoms with Crippen LogP contribution in [-0.2, 0) is 4.74 Å². The predicted molar refractivity (Wildman–Crippen MR) is 84.0 cm³/mol. The van der Waals surface area contributed by atoms with Gasteiger partial charge in [-0.3, -0.25) is 4.79 Å². The molecule has 1 saturated heterocycles. The molecule has 1 aliphatic rings. The van der Waals surface area contributed by atoms with E-state index in [9.17, 15) is 9.59 Å². The fraction of sp³-hybridized carbons (Fsp3) is 0.625. The number of Topliss-reactive ketones (excluding diaryl/α,β-unsaturated/α-hetero) is 1. The molecule has 4 nitrogen and oxygen atoms in total. The second kappa shape index (κ2) is 6.18. The highest BCUT2D eigenvalue weighted by Crippen LogP contribution is 2.26. The molecule has 1 aliphatic heterocycles. The Kier molecular flexibility index (Phi) is 4.71. The zero-order valence-corrected chi connectivity index (χ0v) is 14.0. The Morgan fingerprint density at radius 1 is 1.38 bits per heavy atom.